The van der Waals surface area contributed by atoms with Gasteiger partial charge in [-0.2, -0.15) is 5.10 Å². The first-order chi connectivity index (χ1) is 11.3. The summed E-state index contributed by atoms with van der Waals surface area (Å²) < 4.78 is 7.02. The number of carbonyl (C=O) groups excluding carboxylic acids is 1. The van der Waals surface area contributed by atoms with E-state index in [9.17, 15) is 4.79 Å². The molecule has 2 amide bonds. The van der Waals surface area contributed by atoms with Gasteiger partial charge >= 0.3 is 6.03 Å². The predicted octanol–water partition coefficient (Wildman–Crippen LogP) is 2.93. The number of amides is 2. The Morgan fingerprint density at radius 1 is 1.29 bits per heavy atom. The highest BCUT2D eigenvalue weighted by molar-refractivity contribution is 5.74. The molecule has 2 heterocycles. The molecule has 0 saturated heterocycles. The Kier molecular flexibility index (Phi) is 5.31. The van der Waals surface area contributed by atoms with Crippen LogP contribution in [0.5, 0.6) is 0 Å². The summed E-state index contributed by atoms with van der Waals surface area (Å²) in [6.45, 7) is 10.3. The zero-order valence-electron chi connectivity index (χ0n) is 15.6. The third-order valence-corrected chi connectivity index (χ3v) is 4.54. The van der Waals surface area contributed by atoms with Crippen LogP contribution in [0.4, 0.5) is 4.79 Å². The van der Waals surface area contributed by atoms with Crippen LogP contribution in [0, 0.1) is 27.7 Å². The average Bonchev–Trinajstić information content (AvgIpc) is 2.97. The van der Waals surface area contributed by atoms with E-state index < -0.39 is 0 Å². The van der Waals surface area contributed by atoms with Crippen molar-refractivity contribution in [2.24, 2.45) is 7.05 Å². The van der Waals surface area contributed by atoms with Crippen molar-refractivity contribution < 1.29 is 9.32 Å². The number of urea groups is 1. The molecule has 0 spiro atoms. The van der Waals surface area contributed by atoms with E-state index in [-0.39, 0.29) is 12.1 Å². The minimum Gasteiger partial charge on any atom is -0.361 e. The second kappa shape index (κ2) is 7.07. The monoisotopic (exact) mass is 333 g/mol. The number of carbonyl (C=O) groups is 1. The molecule has 2 rings (SSSR count). The lowest BCUT2D eigenvalue weighted by molar-refractivity contribution is 0.202. The molecule has 1 atom stereocenters. The van der Waals surface area contributed by atoms with Crippen molar-refractivity contribution >= 4 is 6.03 Å². The van der Waals surface area contributed by atoms with E-state index in [1.54, 1.807) is 11.9 Å². The highest BCUT2D eigenvalue weighted by Crippen LogP contribution is 2.24. The van der Waals surface area contributed by atoms with Crippen LogP contribution in [0.15, 0.2) is 4.52 Å². The molecule has 7 nitrogen and oxygen atoms in total. The first kappa shape index (κ1) is 18.0. The summed E-state index contributed by atoms with van der Waals surface area (Å²) in [5.74, 6) is 0.748. The first-order valence-electron chi connectivity index (χ1n) is 8.19. The minimum absolute atomic E-state index is 0.0571. The van der Waals surface area contributed by atoms with Crippen molar-refractivity contribution in [3.63, 3.8) is 0 Å². The Balaban J connectivity index is 2.11. The third kappa shape index (κ3) is 3.44. The summed E-state index contributed by atoms with van der Waals surface area (Å²) in [6.07, 6.45) is 0.804. The molecule has 0 radical (unpaired) electrons. The standard InChI is InChI=1S/C17H27N5O2/c1-8-15(16-11(3)19-22(7)12(16)4)18-17(23)21(6)9-14-10(2)20-24-13(14)5/h15H,8-9H2,1-7H3,(H,18,23)/t15-/m0/s1. The van der Waals surface area contributed by atoms with Gasteiger partial charge in [0.2, 0.25) is 0 Å². The van der Waals surface area contributed by atoms with E-state index in [0.29, 0.717) is 6.54 Å². The summed E-state index contributed by atoms with van der Waals surface area (Å²) in [5.41, 5.74) is 4.90. The molecule has 132 valence electrons. The van der Waals surface area contributed by atoms with Gasteiger partial charge in [0.15, 0.2) is 0 Å². The van der Waals surface area contributed by atoms with E-state index in [1.807, 2.05) is 39.4 Å². The molecule has 2 aromatic heterocycles. The van der Waals surface area contributed by atoms with Gasteiger partial charge < -0.3 is 14.7 Å². The molecular weight excluding hydrogens is 306 g/mol. The number of hydrogen-bond acceptors (Lipinski definition) is 4. The number of hydrogen-bond donors (Lipinski definition) is 1. The Morgan fingerprint density at radius 3 is 2.42 bits per heavy atom. The molecule has 0 aliphatic carbocycles. The lowest BCUT2D eigenvalue weighted by Crippen LogP contribution is -2.39. The molecule has 0 unspecified atom stereocenters. The SMILES string of the molecule is CC[C@H](NC(=O)N(C)Cc1c(C)noc1C)c1c(C)nn(C)c1C. The number of aromatic nitrogens is 3. The number of aryl methyl sites for hydroxylation is 4. The maximum atomic E-state index is 12.6. The van der Waals surface area contributed by atoms with Gasteiger partial charge in [0.1, 0.15) is 5.76 Å². The van der Waals surface area contributed by atoms with Gasteiger partial charge in [-0.3, -0.25) is 4.68 Å². The minimum atomic E-state index is -0.121. The van der Waals surface area contributed by atoms with Gasteiger partial charge in [-0.05, 0) is 34.1 Å². The molecular formula is C17H27N5O2. The molecule has 1 N–H and O–H groups in total. The van der Waals surface area contributed by atoms with E-state index in [1.165, 1.54) is 0 Å². The summed E-state index contributed by atoms with van der Waals surface area (Å²) in [6, 6.07) is -0.178. The van der Waals surface area contributed by atoms with Gasteiger partial charge in [0, 0.05) is 30.9 Å². The highest BCUT2D eigenvalue weighted by Gasteiger charge is 2.23. The number of rotatable bonds is 5. The Labute approximate surface area is 143 Å². The molecule has 0 bridgehead atoms. The molecule has 24 heavy (non-hydrogen) atoms. The Bertz CT molecular complexity index is 712. The van der Waals surface area contributed by atoms with Crippen LogP contribution in [0.25, 0.3) is 0 Å². The Morgan fingerprint density at radius 2 is 1.96 bits per heavy atom. The van der Waals surface area contributed by atoms with Crippen LogP contribution < -0.4 is 5.32 Å². The third-order valence-electron chi connectivity index (χ3n) is 4.54. The lowest BCUT2D eigenvalue weighted by atomic mass is 10.0. The fraction of sp³-hybridized carbons (Fsp3) is 0.588. The van der Waals surface area contributed by atoms with Crippen LogP contribution in [-0.4, -0.2) is 32.9 Å². The summed E-state index contributed by atoms with van der Waals surface area (Å²) >= 11 is 0. The summed E-state index contributed by atoms with van der Waals surface area (Å²) in [7, 11) is 3.70. The van der Waals surface area contributed by atoms with E-state index >= 15 is 0 Å². The summed E-state index contributed by atoms with van der Waals surface area (Å²) in [4.78, 5) is 14.2. The fourth-order valence-electron chi connectivity index (χ4n) is 2.97. The molecule has 0 aliphatic rings. The maximum absolute atomic E-state index is 12.6. The number of nitrogens with zero attached hydrogens (tertiary/aromatic N) is 4. The predicted molar refractivity (Wildman–Crippen MR) is 91.7 cm³/mol. The molecule has 2 aromatic rings. The van der Waals surface area contributed by atoms with E-state index in [0.717, 1.165) is 40.4 Å². The van der Waals surface area contributed by atoms with Crippen molar-refractivity contribution in [2.75, 3.05) is 7.05 Å². The summed E-state index contributed by atoms with van der Waals surface area (Å²) in [5, 5.41) is 11.5. The van der Waals surface area contributed by atoms with Crippen molar-refractivity contribution in [3.8, 4) is 0 Å². The lowest BCUT2D eigenvalue weighted by Gasteiger charge is -2.23. The Hall–Kier alpha value is -2.31. The smallest absolute Gasteiger partial charge is 0.317 e. The number of nitrogens with one attached hydrogen (secondary N) is 1. The van der Waals surface area contributed by atoms with Gasteiger partial charge in [0.05, 0.1) is 24.0 Å². The second-order valence-corrected chi connectivity index (χ2v) is 6.28. The molecule has 7 heteroatoms. The van der Waals surface area contributed by atoms with Crippen molar-refractivity contribution in [1.29, 1.82) is 0 Å². The van der Waals surface area contributed by atoms with Crippen LogP contribution in [0.3, 0.4) is 0 Å². The second-order valence-electron chi connectivity index (χ2n) is 6.28. The maximum Gasteiger partial charge on any atom is 0.317 e. The van der Waals surface area contributed by atoms with Crippen LogP contribution in [-0.2, 0) is 13.6 Å². The average molecular weight is 333 g/mol. The molecule has 0 saturated carbocycles. The molecule has 0 fully saturated rings. The van der Waals surface area contributed by atoms with Crippen molar-refractivity contribution in [3.05, 3.63) is 34.0 Å². The molecule has 0 aliphatic heterocycles. The van der Waals surface area contributed by atoms with E-state index in [2.05, 4.69) is 22.5 Å². The quantitative estimate of drug-likeness (QED) is 0.913. The van der Waals surface area contributed by atoms with Crippen LogP contribution >= 0.6 is 0 Å². The highest BCUT2D eigenvalue weighted by atomic mass is 16.5. The topological polar surface area (TPSA) is 76.2 Å². The van der Waals surface area contributed by atoms with Crippen LogP contribution in [0.1, 0.15) is 53.4 Å². The normalized spacial score (nSPS) is 12.3. The fourth-order valence-corrected chi connectivity index (χ4v) is 2.97. The van der Waals surface area contributed by atoms with Gasteiger partial charge in [-0.1, -0.05) is 12.1 Å². The molecule has 0 aromatic carbocycles. The van der Waals surface area contributed by atoms with Gasteiger partial charge in [0.25, 0.3) is 0 Å². The largest absolute Gasteiger partial charge is 0.361 e. The van der Waals surface area contributed by atoms with Crippen LogP contribution in [0.2, 0.25) is 0 Å². The first-order valence-corrected chi connectivity index (χ1v) is 8.19. The van der Waals surface area contributed by atoms with Crippen molar-refractivity contribution in [2.45, 2.75) is 53.6 Å². The van der Waals surface area contributed by atoms with Gasteiger partial charge in [-0.25, -0.2) is 4.79 Å². The zero-order valence-corrected chi connectivity index (χ0v) is 15.6. The zero-order chi connectivity index (χ0) is 18.0. The van der Waals surface area contributed by atoms with E-state index in [4.69, 9.17) is 4.52 Å². The van der Waals surface area contributed by atoms with Crippen molar-refractivity contribution in [1.82, 2.24) is 25.2 Å². The van der Waals surface area contributed by atoms with Gasteiger partial charge in [-0.15, -0.1) is 0 Å².